The number of aliphatic hydroxyl groups excluding tert-OH is 1. The second-order valence-electron chi connectivity index (χ2n) is 3.34. The van der Waals surface area contributed by atoms with Crippen molar-refractivity contribution in [3.8, 4) is 6.07 Å². The molecule has 1 unspecified atom stereocenters. The number of halogens is 1. The van der Waals surface area contributed by atoms with Crippen molar-refractivity contribution < 1.29 is 5.11 Å². The minimum Gasteiger partial charge on any atom is -0.392 e. The lowest BCUT2D eigenvalue weighted by Crippen LogP contribution is -2.27. The van der Waals surface area contributed by atoms with Gasteiger partial charge in [0.2, 0.25) is 0 Å². The maximum absolute atomic E-state index is 9.22. The van der Waals surface area contributed by atoms with Crippen molar-refractivity contribution in [3.05, 3.63) is 22.8 Å². The lowest BCUT2D eigenvalue weighted by molar-refractivity contribution is 0.201. The van der Waals surface area contributed by atoms with Crippen LogP contribution in [0.1, 0.15) is 12.5 Å². The number of likely N-dealkylation sites (N-methyl/N-ethyl adjacent to an activating group) is 1. The zero-order chi connectivity index (χ0) is 11.4. The Bertz CT molecular complexity index is 387. The van der Waals surface area contributed by atoms with Gasteiger partial charge in [0.05, 0.1) is 11.7 Å². The van der Waals surface area contributed by atoms with Crippen LogP contribution >= 0.6 is 11.6 Å². The molecule has 15 heavy (non-hydrogen) atoms. The predicted molar refractivity (Wildman–Crippen MR) is 58.9 cm³/mol. The minimum atomic E-state index is -0.474. The summed E-state index contributed by atoms with van der Waals surface area (Å²) in [5, 5.41) is 18.3. The molecule has 1 N–H and O–H groups in total. The van der Waals surface area contributed by atoms with Gasteiger partial charge in [0, 0.05) is 19.8 Å². The summed E-state index contributed by atoms with van der Waals surface area (Å²) in [5.41, 5.74) is 0.388. The van der Waals surface area contributed by atoms with Gasteiger partial charge >= 0.3 is 0 Å². The average Bonchev–Trinajstić information content (AvgIpc) is 2.17. The highest BCUT2D eigenvalue weighted by atomic mass is 35.5. The maximum atomic E-state index is 9.22. The van der Waals surface area contributed by atoms with Gasteiger partial charge in [-0.1, -0.05) is 11.6 Å². The van der Waals surface area contributed by atoms with Crippen molar-refractivity contribution in [3.63, 3.8) is 0 Å². The maximum Gasteiger partial charge on any atom is 0.148 e. The molecule has 0 saturated heterocycles. The van der Waals surface area contributed by atoms with E-state index < -0.39 is 6.10 Å². The van der Waals surface area contributed by atoms with Gasteiger partial charge in [0.1, 0.15) is 16.9 Å². The summed E-state index contributed by atoms with van der Waals surface area (Å²) in [6.07, 6.45) is 1.05. The smallest absolute Gasteiger partial charge is 0.148 e. The standard InChI is InChI=1S/C10H12ClN3O/c1-7(15)6-14(2)10-9(11)8(5-12)3-4-13-10/h3-4,7,15H,6H2,1-2H3. The van der Waals surface area contributed by atoms with Crippen LogP contribution in [-0.2, 0) is 0 Å². The molecule has 0 amide bonds. The van der Waals surface area contributed by atoms with Gasteiger partial charge in [-0.05, 0) is 13.0 Å². The van der Waals surface area contributed by atoms with Crippen molar-refractivity contribution in [1.29, 1.82) is 5.26 Å². The Hall–Kier alpha value is -1.31. The molecule has 0 bridgehead atoms. The molecule has 1 aromatic rings. The monoisotopic (exact) mass is 225 g/mol. The number of hydrogen-bond acceptors (Lipinski definition) is 4. The Labute approximate surface area is 93.7 Å². The fourth-order valence-corrected chi connectivity index (χ4v) is 1.57. The van der Waals surface area contributed by atoms with Gasteiger partial charge in [0.25, 0.3) is 0 Å². The largest absolute Gasteiger partial charge is 0.392 e. The molecule has 80 valence electrons. The van der Waals surface area contributed by atoms with Gasteiger partial charge in [-0.3, -0.25) is 0 Å². The zero-order valence-corrected chi connectivity index (χ0v) is 9.36. The first-order chi connectivity index (χ1) is 7.06. The normalized spacial score (nSPS) is 11.9. The van der Waals surface area contributed by atoms with Crippen molar-refractivity contribution >= 4 is 17.4 Å². The van der Waals surface area contributed by atoms with E-state index in [0.717, 1.165) is 0 Å². The number of hydrogen-bond donors (Lipinski definition) is 1. The van der Waals surface area contributed by atoms with E-state index in [1.807, 2.05) is 6.07 Å². The van der Waals surface area contributed by atoms with Gasteiger partial charge < -0.3 is 10.0 Å². The molecule has 1 aromatic heterocycles. The van der Waals surface area contributed by atoms with E-state index in [1.54, 1.807) is 24.9 Å². The summed E-state index contributed by atoms with van der Waals surface area (Å²) in [7, 11) is 1.77. The highest BCUT2D eigenvalue weighted by molar-refractivity contribution is 6.34. The topological polar surface area (TPSA) is 60.1 Å². The second-order valence-corrected chi connectivity index (χ2v) is 3.72. The first kappa shape index (κ1) is 11.8. The average molecular weight is 226 g/mol. The molecule has 0 saturated carbocycles. The van der Waals surface area contributed by atoms with Crippen LogP contribution in [0.25, 0.3) is 0 Å². The number of nitriles is 1. The fraction of sp³-hybridized carbons (Fsp3) is 0.400. The van der Waals surface area contributed by atoms with Crippen LogP contribution in [0.15, 0.2) is 12.3 Å². The molecule has 0 aliphatic rings. The highest BCUT2D eigenvalue weighted by Crippen LogP contribution is 2.25. The molecule has 0 aliphatic carbocycles. The van der Waals surface area contributed by atoms with Gasteiger partial charge in [-0.15, -0.1) is 0 Å². The molecular formula is C10H12ClN3O. The minimum absolute atomic E-state index is 0.322. The van der Waals surface area contributed by atoms with Crippen LogP contribution in [0, 0.1) is 11.3 Å². The molecular weight excluding hydrogens is 214 g/mol. The summed E-state index contributed by atoms with van der Waals surface area (Å²) >= 11 is 5.98. The molecule has 4 nitrogen and oxygen atoms in total. The van der Waals surface area contributed by atoms with Crippen molar-refractivity contribution in [2.45, 2.75) is 13.0 Å². The molecule has 0 aliphatic heterocycles. The summed E-state index contributed by atoms with van der Waals surface area (Å²) in [6.45, 7) is 2.10. The highest BCUT2D eigenvalue weighted by Gasteiger charge is 2.12. The molecule has 0 fully saturated rings. The SMILES string of the molecule is CC(O)CN(C)c1nccc(C#N)c1Cl. The van der Waals surface area contributed by atoms with Crippen molar-refractivity contribution in [2.24, 2.45) is 0 Å². The molecule has 1 heterocycles. The van der Waals surface area contributed by atoms with Crippen LogP contribution in [0.3, 0.4) is 0 Å². The first-order valence-corrected chi connectivity index (χ1v) is 4.88. The van der Waals surface area contributed by atoms with E-state index >= 15 is 0 Å². The second kappa shape index (κ2) is 4.96. The molecule has 5 heteroatoms. The fourth-order valence-electron chi connectivity index (χ4n) is 1.27. The zero-order valence-electron chi connectivity index (χ0n) is 8.61. The summed E-state index contributed by atoms with van der Waals surface area (Å²) in [6, 6.07) is 3.54. The third-order valence-corrected chi connectivity index (χ3v) is 2.26. The number of nitrogens with zero attached hydrogens (tertiary/aromatic N) is 3. The van der Waals surface area contributed by atoms with E-state index in [-0.39, 0.29) is 0 Å². The Morgan fingerprint density at radius 3 is 2.93 bits per heavy atom. The molecule has 0 radical (unpaired) electrons. The van der Waals surface area contributed by atoms with E-state index in [0.29, 0.717) is 22.9 Å². The van der Waals surface area contributed by atoms with Gasteiger partial charge in [-0.2, -0.15) is 5.26 Å². The first-order valence-electron chi connectivity index (χ1n) is 4.50. The number of rotatable bonds is 3. The Morgan fingerprint density at radius 1 is 1.73 bits per heavy atom. The number of aliphatic hydroxyl groups is 1. The summed E-state index contributed by atoms with van der Waals surface area (Å²) in [4.78, 5) is 5.79. The van der Waals surface area contributed by atoms with Crippen LogP contribution in [-0.4, -0.2) is 29.8 Å². The molecule has 0 spiro atoms. The van der Waals surface area contributed by atoms with Crippen LogP contribution < -0.4 is 4.90 Å². The van der Waals surface area contributed by atoms with Gasteiger partial charge in [0.15, 0.2) is 0 Å². The summed E-state index contributed by atoms with van der Waals surface area (Å²) in [5.74, 6) is 0.511. The van der Waals surface area contributed by atoms with Crippen LogP contribution in [0.2, 0.25) is 5.02 Å². The Morgan fingerprint density at radius 2 is 2.40 bits per heavy atom. The Balaban J connectivity index is 3.00. The van der Waals surface area contributed by atoms with Gasteiger partial charge in [-0.25, -0.2) is 4.98 Å². The quantitative estimate of drug-likeness (QED) is 0.845. The molecule has 1 rings (SSSR count). The van der Waals surface area contributed by atoms with Crippen LogP contribution in [0.5, 0.6) is 0 Å². The van der Waals surface area contributed by atoms with Crippen molar-refractivity contribution in [1.82, 2.24) is 4.98 Å². The van der Waals surface area contributed by atoms with Crippen LogP contribution in [0.4, 0.5) is 5.82 Å². The third-order valence-electron chi connectivity index (χ3n) is 1.89. The lowest BCUT2D eigenvalue weighted by atomic mass is 10.2. The van der Waals surface area contributed by atoms with E-state index in [2.05, 4.69) is 4.98 Å². The molecule has 0 aromatic carbocycles. The van der Waals surface area contributed by atoms with E-state index in [4.69, 9.17) is 16.9 Å². The predicted octanol–water partition coefficient (Wildman–Crippen LogP) is 1.42. The van der Waals surface area contributed by atoms with E-state index in [9.17, 15) is 5.11 Å². The molecule has 1 atom stereocenters. The third kappa shape index (κ3) is 2.82. The summed E-state index contributed by atoms with van der Waals surface area (Å²) < 4.78 is 0. The number of anilines is 1. The van der Waals surface area contributed by atoms with E-state index in [1.165, 1.54) is 6.20 Å². The number of aromatic nitrogens is 1. The lowest BCUT2D eigenvalue weighted by Gasteiger charge is -2.20. The van der Waals surface area contributed by atoms with Crippen molar-refractivity contribution in [2.75, 3.05) is 18.5 Å². The Kier molecular flexibility index (Phi) is 3.89. The number of pyridine rings is 1.